The minimum atomic E-state index is -0.291. The van der Waals surface area contributed by atoms with Crippen LogP contribution in [0.4, 0.5) is 11.5 Å². The molecule has 1 aromatic carbocycles. The molecule has 1 aromatic heterocycles. The smallest absolute Gasteiger partial charge is 0.292 e. The first-order valence-corrected chi connectivity index (χ1v) is 10.3. The van der Waals surface area contributed by atoms with E-state index in [0.717, 1.165) is 44.2 Å². The summed E-state index contributed by atoms with van der Waals surface area (Å²) < 4.78 is 5.59. The second kappa shape index (κ2) is 8.61. The molecule has 2 fully saturated rings. The Morgan fingerprint density at radius 2 is 1.86 bits per heavy atom. The molecule has 4 rings (SSSR count). The number of aromatic amines is 1. The summed E-state index contributed by atoms with van der Waals surface area (Å²) in [7, 11) is 0. The molecule has 152 valence electrons. The number of nitrogens with zero attached hydrogens (tertiary/aromatic N) is 2. The van der Waals surface area contributed by atoms with Gasteiger partial charge in [-0.1, -0.05) is 13.0 Å². The van der Waals surface area contributed by atoms with Crippen molar-refractivity contribution >= 4 is 23.3 Å². The molecular weight excluding hydrogens is 368 g/mol. The van der Waals surface area contributed by atoms with Gasteiger partial charge in [0.05, 0.1) is 24.9 Å². The largest absolute Gasteiger partial charge is 0.494 e. The summed E-state index contributed by atoms with van der Waals surface area (Å²) in [4.78, 5) is 33.8. The van der Waals surface area contributed by atoms with Crippen LogP contribution in [0.3, 0.4) is 0 Å². The lowest BCUT2D eigenvalue weighted by molar-refractivity contribution is -0.915. The third kappa shape index (κ3) is 4.10. The number of carbonyl (C=O) groups is 2. The lowest BCUT2D eigenvalue weighted by Gasteiger charge is -2.31. The van der Waals surface area contributed by atoms with E-state index >= 15 is 0 Å². The number of H-pyrrole nitrogens is 1. The third-order valence-electron chi connectivity index (χ3n) is 5.65. The number of rotatable bonds is 6. The summed E-state index contributed by atoms with van der Waals surface area (Å²) in [5, 5.41) is 0. The second-order valence-electron chi connectivity index (χ2n) is 7.56. The van der Waals surface area contributed by atoms with E-state index < -0.39 is 0 Å². The summed E-state index contributed by atoms with van der Waals surface area (Å²) in [5.41, 5.74) is 0.628. The molecule has 0 spiro atoms. The van der Waals surface area contributed by atoms with Crippen molar-refractivity contribution in [3.8, 4) is 5.75 Å². The van der Waals surface area contributed by atoms with Crippen molar-refractivity contribution in [1.82, 2.24) is 0 Å². The van der Waals surface area contributed by atoms with Crippen molar-refractivity contribution in [2.75, 3.05) is 42.6 Å². The zero-order chi connectivity index (χ0) is 20.2. The molecular formula is C22H28N4O3+2. The second-order valence-corrected chi connectivity index (χ2v) is 7.56. The Morgan fingerprint density at radius 3 is 2.52 bits per heavy atom. The number of anilines is 2. The molecule has 1 atom stereocenters. The van der Waals surface area contributed by atoms with Crippen LogP contribution in [-0.2, 0) is 9.59 Å². The average molecular weight is 396 g/mol. The summed E-state index contributed by atoms with van der Waals surface area (Å²) in [6, 6.07) is 13.0. The lowest BCUT2D eigenvalue weighted by atomic mass is 10.1. The topological polar surface area (TPSA) is 68.4 Å². The first-order valence-electron chi connectivity index (χ1n) is 10.3. The monoisotopic (exact) mass is 396 g/mol. The zero-order valence-electron chi connectivity index (χ0n) is 16.8. The number of ether oxygens (including phenoxy) is 1. The maximum absolute atomic E-state index is 13.1. The van der Waals surface area contributed by atoms with Gasteiger partial charge in [0.25, 0.3) is 11.7 Å². The molecule has 3 heterocycles. The summed E-state index contributed by atoms with van der Waals surface area (Å²) in [6.45, 7) is 6.10. The van der Waals surface area contributed by atoms with Gasteiger partial charge in [-0.2, -0.15) is 0 Å². The van der Waals surface area contributed by atoms with Crippen molar-refractivity contribution in [1.29, 1.82) is 0 Å². The first-order chi connectivity index (χ1) is 14.2. The molecule has 0 radical (unpaired) electrons. The minimum Gasteiger partial charge on any atom is -0.494 e. The fourth-order valence-electron chi connectivity index (χ4n) is 4.10. The predicted molar refractivity (Wildman–Crippen MR) is 109 cm³/mol. The number of amides is 2. The van der Waals surface area contributed by atoms with Gasteiger partial charge in [-0.3, -0.25) is 14.5 Å². The van der Waals surface area contributed by atoms with Gasteiger partial charge in [0.2, 0.25) is 5.91 Å². The Kier molecular flexibility index (Phi) is 5.76. The van der Waals surface area contributed by atoms with Gasteiger partial charge in [0.1, 0.15) is 31.9 Å². The van der Waals surface area contributed by atoms with Crippen molar-refractivity contribution in [2.24, 2.45) is 0 Å². The van der Waals surface area contributed by atoms with Gasteiger partial charge in [-0.05, 0) is 36.8 Å². The summed E-state index contributed by atoms with van der Waals surface area (Å²) in [6.07, 6.45) is 3.13. The molecule has 0 bridgehead atoms. The Hall–Kier alpha value is -2.93. The number of aromatic nitrogens is 1. The van der Waals surface area contributed by atoms with E-state index in [0.29, 0.717) is 12.3 Å². The van der Waals surface area contributed by atoms with E-state index in [4.69, 9.17) is 4.74 Å². The number of benzene rings is 1. The number of pyridine rings is 1. The van der Waals surface area contributed by atoms with E-state index in [-0.39, 0.29) is 24.3 Å². The van der Waals surface area contributed by atoms with Crippen molar-refractivity contribution in [3.05, 3.63) is 48.7 Å². The van der Waals surface area contributed by atoms with Crippen molar-refractivity contribution in [3.63, 3.8) is 0 Å². The highest BCUT2D eigenvalue weighted by Gasteiger charge is 2.47. The minimum absolute atomic E-state index is 0.0908. The van der Waals surface area contributed by atoms with Crippen LogP contribution in [-0.4, -0.2) is 50.6 Å². The highest BCUT2D eigenvalue weighted by molar-refractivity contribution is 6.21. The molecule has 2 aliphatic heterocycles. The standard InChI is InChI=1S/C22H26N4O3/c1-2-15-29-18-8-6-17(7-9-18)26-21(27)16-19(22(26)28)24-11-13-25(14-12-24)20-5-3-4-10-23-20/h3-10,19H,2,11-16H2,1H3/p+2/t19-/m0/s1. The van der Waals surface area contributed by atoms with E-state index in [1.165, 1.54) is 9.80 Å². The summed E-state index contributed by atoms with van der Waals surface area (Å²) in [5.74, 6) is 1.64. The summed E-state index contributed by atoms with van der Waals surface area (Å²) >= 11 is 0. The zero-order valence-corrected chi connectivity index (χ0v) is 16.8. The van der Waals surface area contributed by atoms with Crippen molar-refractivity contribution < 1.29 is 24.2 Å². The van der Waals surface area contributed by atoms with Gasteiger partial charge in [-0.25, -0.2) is 9.88 Å². The molecule has 2 aromatic rings. The third-order valence-corrected chi connectivity index (χ3v) is 5.65. The number of hydrogen-bond acceptors (Lipinski definition) is 4. The molecule has 2 aliphatic rings. The van der Waals surface area contributed by atoms with E-state index in [2.05, 4.69) is 22.9 Å². The molecule has 2 amide bonds. The first kappa shape index (κ1) is 19.4. The van der Waals surface area contributed by atoms with Crippen LogP contribution in [0.5, 0.6) is 5.75 Å². The molecule has 0 aliphatic carbocycles. The van der Waals surface area contributed by atoms with Gasteiger partial charge >= 0.3 is 0 Å². The molecule has 7 heteroatoms. The van der Waals surface area contributed by atoms with E-state index in [1.54, 1.807) is 12.1 Å². The fourth-order valence-corrected chi connectivity index (χ4v) is 4.10. The average Bonchev–Trinajstić information content (AvgIpc) is 3.07. The van der Waals surface area contributed by atoms with Gasteiger partial charge in [-0.15, -0.1) is 0 Å². The van der Waals surface area contributed by atoms with E-state index in [1.807, 2.05) is 30.5 Å². The Morgan fingerprint density at radius 1 is 1.10 bits per heavy atom. The Labute approximate surface area is 170 Å². The van der Waals surface area contributed by atoms with Crippen molar-refractivity contribution in [2.45, 2.75) is 25.8 Å². The van der Waals surface area contributed by atoms with Crippen LogP contribution < -0.4 is 24.4 Å². The van der Waals surface area contributed by atoms with Crippen LogP contribution in [0.2, 0.25) is 0 Å². The number of carbonyl (C=O) groups excluding carboxylic acids is 2. The molecule has 29 heavy (non-hydrogen) atoms. The Balaban J connectivity index is 1.39. The number of piperazine rings is 1. The van der Waals surface area contributed by atoms with Gasteiger partial charge < -0.3 is 9.64 Å². The maximum Gasteiger partial charge on any atom is 0.292 e. The van der Waals surface area contributed by atoms with Crippen LogP contribution in [0.25, 0.3) is 0 Å². The highest BCUT2D eigenvalue weighted by Crippen LogP contribution is 2.24. The molecule has 2 N–H and O–H groups in total. The van der Waals surface area contributed by atoms with Crippen LogP contribution in [0, 0.1) is 0 Å². The van der Waals surface area contributed by atoms with E-state index in [9.17, 15) is 9.59 Å². The Bertz CT molecular complexity index is 848. The van der Waals surface area contributed by atoms with Crippen LogP contribution in [0.15, 0.2) is 48.7 Å². The molecule has 2 saturated heterocycles. The normalized spacial score (nSPS) is 20.4. The number of hydrogen-bond donors (Lipinski definition) is 1. The molecule has 0 saturated carbocycles. The SMILES string of the molecule is CCCOc1ccc(N2C(=O)C[C@H]([NH+]3CCN(c4cccc[nH+]4)CC3)C2=O)cc1. The lowest BCUT2D eigenvalue weighted by Crippen LogP contribution is -3.19. The van der Waals surface area contributed by atoms with Gasteiger partial charge in [0.15, 0.2) is 6.04 Å². The maximum atomic E-state index is 13.1. The quantitative estimate of drug-likeness (QED) is 0.715. The fraction of sp³-hybridized carbons (Fsp3) is 0.409. The molecule has 7 nitrogen and oxygen atoms in total. The van der Waals surface area contributed by atoms with Crippen LogP contribution >= 0.6 is 0 Å². The van der Waals surface area contributed by atoms with Gasteiger partial charge in [0, 0.05) is 6.07 Å². The number of imide groups is 1. The predicted octanol–water partition coefficient (Wildman–Crippen LogP) is 0.327. The van der Waals surface area contributed by atoms with Crippen LogP contribution in [0.1, 0.15) is 19.8 Å². The number of quaternary nitrogens is 1. The molecule has 0 unspecified atom stereocenters. The number of nitrogens with one attached hydrogen (secondary N) is 2. The highest BCUT2D eigenvalue weighted by atomic mass is 16.5.